The molecule has 148 valence electrons. The van der Waals surface area contributed by atoms with Gasteiger partial charge >= 0.3 is 5.76 Å². The van der Waals surface area contributed by atoms with Crippen molar-refractivity contribution < 1.29 is 14.3 Å². The van der Waals surface area contributed by atoms with Gasteiger partial charge in [-0.25, -0.2) is 9.78 Å². The first-order valence-electron chi connectivity index (χ1n) is 9.51. The molecule has 0 atom stereocenters. The monoisotopic (exact) mass is 384 g/mol. The van der Waals surface area contributed by atoms with Crippen LogP contribution in [0.4, 0.5) is 0 Å². The number of likely N-dealkylation sites (tertiary alicyclic amines) is 1. The standard InChI is InChI=1S/C20H24N4O4/c1-15-21-9-13-23(15)14-20(27)7-11-22(12-8-20)18(25)6-10-24-16-4-2-3-5-17(16)28-19(24)26/h2-5,9,13,27H,6-8,10-12,14H2,1H3. The van der Waals surface area contributed by atoms with Crippen molar-refractivity contribution in [2.45, 2.75) is 44.9 Å². The largest absolute Gasteiger partial charge is 0.419 e. The number of hydrogen-bond donors (Lipinski definition) is 1. The number of nitrogens with zero attached hydrogens (tertiary/aromatic N) is 4. The molecule has 0 unspecified atom stereocenters. The zero-order chi connectivity index (χ0) is 19.7. The third-order valence-electron chi connectivity index (χ3n) is 5.56. The molecule has 8 heteroatoms. The van der Waals surface area contributed by atoms with Gasteiger partial charge in [-0.05, 0) is 31.9 Å². The van der Waals surface area contributed by atoms with Crippen molar-refractivity contribution in [1.29, 1.82) is 0 Å². The number of piperidine rings is 1. The minimum atomic E-state index is -0.833. The van der Waals surface area contributed by atoms with Gasteiger partial charge in [0.25, 0.3) is 0 Å². The van der Waals surface area contributed by atoms with Crippen molar-refractivity contribution in [3.63, 3.8) is 0 Å². The molecule has 8 nitrogen and oxygen atoms in total. The van der Waals surface area contributed by atoms with E-state index in [0.717, 1.165) is 5.82 Å². The number of hydrogen-bond acceptors (Lipinski definition) is 5. The summed E-state index contributed by atoms with van der Waals surface area (Å²) in [6, 6.07) is 7.19. The molecule has 0 aliphatic carbocycles. The summed E-state index contributed by atoms with van der Waals surface area (Å²) in [6.45, 7) is 3.68. The third kappa shape index (κ3) is 3.60. The molecule has 3 heterocycles. The molecule has 0 spiro atoms. The molecule has 1 N–H and O–H groups in total. The summed E-state index contributed by atoms with van der Waals surface area (Å²) in [7, 11) is 0. The summed E-state index contributed by atoms with van der Waals surface area (Å²) >= 11 is 0. The highest BCUT2D eigenvalue weighted by molar-refractivity contribution is 5.77. The van der Waals surface area contributed by atoms with Crippen LogP contribution in [-0.4, -0.2) is 48.7 Å². The number of fused-ring (bicyclic) bond motifs is 1. The van der Waals surface area contributed by atoms with Crippen molar-refractivity contribution in [3.05, 3.63) is 53.0 Å². The number of amides is 1. The van der Waals surface area contributed by atoms with Crippen LogP contribution in [0.15, 0.2) is 45.9 Å². The predicted octanol–water partition coefficient (Wildman–Crippen LogP) is 1.54. The van der Waals surface area contributed by atoms with E-state index in [-0.39, 0.29) is 18.9 Å². The number of imidazole rings is 1. The van der Waals surface area contributed by atoms with Crippen LogP contribution in [0.1, 0.15) is 25.1 Å². The quantitative estimate of drug-likeness (QED) is 0.720. The first-order chi connectivity index (χ1) is 13.5. The normalized spacial score (nSPS) is 16.6. The molecule has 3 aromatic rings. The van der Waals surface area contributed by atoms with Gasteiger partial charge in [-0.15, -0.1) is 0 Å². The number of carbonyl (C=O) groups excluding carboxylic acids is 1. The fourth-order valence-corrected chi connectivity index (χ4v) is 3.81. The molecule has 1 aliphatic rings. The molecule has 4 rings (SSSR count). The smallest absolute Gasteiger partial charge is 0.408 e. The lowest BCUT2D eigenvalue weighted by atomic mass is 9.91. The Morgan fingerprint density at radius 3 is 2.75 bits per heavy atom. The van der Waals surface area contributed by atoms with E-state index in [9.17, 15) is 14.7 Å². The molecular weight excluding hydrogens is 360 g/mol. The van der Waals surface area contributed by atoms with Gasteiger partial charge in [0.1, 0.15) is 5.82 Å². The molecule has 28 heavy (non-hydrogen) atoms. The highest BCUT2D eigenvalue weighted by Crippen LogP contribution is 2.25. The summed E-state index contributed by atoms with van der Waals surface area (Å²) in [4.78, 5) is 30.6. The average Bonchev–Trinajstić information content (AvgIpc) is 3.22. The van der Waals surface area contributed by atoms with Crippen LogP contribution in [0.2, 0.25) is 0 Å². The van der Waals surface area contributed by atoms with Crippen LogP contribution < -0.4 is 5.76 Å². The van der Waals surface area contributed by atoms with Gasteiger partial charge in [-0.3, -0.25) is 9.36 Å². The summed E-state index contributed by atoms with van der Waals surface area (Å²) in [6.07, 6.45) is 4.84. The predicted molar refractivity (Wildman–Crippen MR) is 103 cm³/mol. The molecule has 0 bridgehead atoms. The Hall–Kier alpha value is -2.87. The van der Waals surface area contributed by atoms with E-state index >= 15 is 0 Å². The Morgan fingerprint density at radius 2 is 2.04 bits per heavy atom. The van der Waals surface area contributed by atoms with Gasteiger partial charge < -0.3 is 19.0 Å². The van der Waals surface area contributed by atoms with Crippen molar-refractivity contribution in [2.24, 2.45) is 0 Å². The fourth-order valence-electron chi connectivity index (χ4n) is 3.81. The lowest BCUT2D eigenvalue weighted by molar-refractivity contribution is -0.136. The lowest BCUT2D eigenvalue weighted by Crippen LogP contribution is -2.48. The van der Waals surface area contributed by atoms with E-state index in [1.165, 1.54) is 4.57 Å². The van der Waals surface area contributed by atoms with Crippen LogP contribution in [-0.2, 0) is 17.9 Å². The Balaban J connectivity index is 1.34. The minimum Gasteiger partial charge on any atom is -0.408 e. The maximum absolute atomic E-state index is 12.6. The Bertz CT molecular complexity index is 1040. The van der Waals surface area contributed by atoms with Crippen LogP contribution in [0.5, 0.6) is 0 Å². The van der Waals surface area contributed by atoms with Gasteiger partial charge in [0.05, 0.1) is 17.7 Å². The molecule has 1 aromatic carbocycles. The molecule has 0 radical (unpaired) electrons. The van der Waals surface area contributed by atoms with Gasteiger partial charge in [0, 0.05) is 38.4 Å². The molecule has 1 fully saturated rings. The van der Waals surface area contributed by atoms with Crippen LogP contribution in [0, 0.1) is 6.92 Å². The number of oxazole rings is 1. The molecule has 1 aliphatic heterocycles. The van der Waals surface area contributed by atoms with Gasteiger partial charge in [0.2, 0.25) is 5.91 Å². The zero-order valence-electron chi connectivity index (χ0n) is 15.9. The summed E-state index contributed by atoms with van der Waals surface area (Å²) in [5.74, 6) is 0.403. The second-order valence-corrected chi connectivity index (χ2v) is 7.44. The van der Waals surface area contributed by atoms with Crippen LogP contribution >= 0.6 is 0 Å². The van der Waals surface area contributed by atoms with E-state index < -0.39 is 11.4 Å². The Morgan fingerprint density at radius 1 is 1.29 bits per heavy atom. The number of aromatic nitrogens is 3. The number of aliphatic hydroxyl groups is 1. The van der Waals surface area contributed by atoms with Crippen LogP contribution in [0.3, 0.4) is 0 Å². The Labute approximate surface area is 162 Å². The number of carbonyl (C=O) groups is 1. The summed E-state index contributed by atoms with van der Waals surface area (Å²) in [5.41, 5.74) is 0.390. The topological polar surface area (TPSA) is 93.5 Å². The first-order valence-corrected chi connectivity index (χ1v) is 9.51. The van der Waals surface area contributed by atoms with Crippen molar-refractivity contribution in [2.75, 3.05) is 13.1 Å². The zero-order valence-corrected chi connectivity index (χ0v) is 15.9. The van der Waals surface area contributed by atoms with Crippen molar-refractivity contribution >= 4 is 17.0 Å². The van der Waals surface area contributed by atoms with Gasteiger partial charge in [-0.1, -0.05) is 12.1 Å². The number of benzene rings is 1. The summed E-state index contributed by atoms with van der Waals surface area (Å²) in [5, 5.41) is 10.9. The van der Waals surface area contributed by atoms with Crippen LogP contribution in [0.25, 0.3) is 11.1 Å². The molecule has 1 amide bonds. The Kier molecular flexibility index (Phi) is 4.80. The van der Waals surface area contributed by atoms with Crippen molar-refractivity contribution in [1.82, 2.24) is 19.0 Å². The highest BCUT2D eigenvalue weighted by atomic mass is 16.4. The minimum absolute atomic E-state index is 0.0157. The van der Waals surface area contributed by atoms with E-state index in [1.807, 2.05) is 29.8 Å². The fraction of sp³-hybridized carbons (Fsp3) is 0.450. The highest BCUT2D eigenvalue weighted by Gasteiger charge is 2.34. The molecule has 1 saturated heterocycles. The van der Waals surface area contributed by atoms with E-state index in [4.69, 9.17) is 4.42 Å². The molecule has 2 aromatic heterocycles. The lowest BCUT2D eigenvalue weighted by Gasteiger charge is -2.38. The second kappa shape index (κ2) is 7.27. The maximum Gasteiger partial charge on any atom is 0.419 e. The summed E-state index contributed by atoms with van der Waals surface area (Å²) < 4.78 is 8.64. The number of rotatable bonds is 5. The number of aryl methyl sites for hydroxylation is 2. The molecular formula is C20H24N4O4. The number of para-hydroxylation sites is 2. The van der Waals surface area contributed by atoms with Gasteiger partial charge in [0.15, 0.2) is 5.58 Å². The van der Waals surface area contributed by atoms with Gasteiger partial charge in [-0.2, -0.15) is 0 Å². The second-order valence-electron chi connectivity index (χ2n) is 7.44. The SMILES string of the molecule is Cc1nccn1CC1(O)CCN(C(=O)CCn2c(=O)oc3ccccc32)CC1. The third-order valence-corrected chi connectivity index (χ3v) is 5.56. The van der Waals surface area contributed by atoms with E-state index in [2.05, 4.69) is 4.98 Å². The van der Waals surface area contributed by atoms with E-state index in [1.54, 1.807) is 23.2 Å². The molecule has 0 saturated carbocycles. The van der Waals surface area contributed by atoms with Crippen molar-refractivity contribution in [3.8, 4) is 0 Å². The maximum atomic E-state index is 12.6. The average molecular weight is 384 g/mol. The first kappa shape index (κ1) is 18.5. The van der Waals surface area contributed by atoms with E-state index in [0.29, 0.717) is 43.6 Å².